The van der Waals surface area contributed by atoms with E-state index in [4.69, 9.17) is 0 Å². The molecule has 5 rings (SSSR count). The van der Waals surface area contributed by atoms with E-state index < -0.39 is 15.8 Å². The highest BCUT2D eigenvalue weighted by Gasteiger charge is 2.53. The minimum atomic E-state index is -0.680. The Hall–Kier alpha value is -2.26. The van der Waals surface area contributed by atoms with Crippen LogP contribution in [0.1, 0.15) is 20.8 Å². The molecule has 2 heteroatoms. The van der Waals surface area contributed by atoms with E-state index in [1.165, 1.54) is 39.0 Å². The smallest absolute Gasteiger partial charge is 0.0284 e. The van der Waals surface area contributed by atoms with Crippen molar-refractivity contribution in [1.29, 1.82) is 0 Å². The Labute approximate surface area is 208 Å². The molecule has 4 aromatic carbocycles. The lowest BCUT2D eigenvalue weighted by Gasteiger charge is -2.37. The van der Waals surface area contributed by atoms with Gasteiger partial charge in [0.15, 0.2) is 0 Å². The van der Waals surface area contributed by atoms with Crippen molar-refractivity contribution in [3.8, 4) is 0 Å². The fraction of sp³-hybridized carbons (Fsp3) is 0.0938. The summed E-state index contributed by atoms with van der Waals surface area (Å²) in [5.74, 6) is 4.33. The fourth-order valence-corrected chi connectivity index (χ4v) is 10.5. The molecule has 0 spiro atoms. The average Bonchev–Trinajstić information content (AvgIpc) is 3.11. The largest absolute Gasteiger partial charge is 0.0622 e. The zero-order valence-electron chi connectivity index (χ0n) is 19.9. The highest BCUT2D eigenvalue weighted by atomic mass is 31.1. The fourth-order valence-electron chi connectivity index (χ4n) is 4.66. The maximum Gasteiger partial charge on any atom is 0.0284 e. The van der Waals surface area contributed by atoms with Gasteiger partial charge in [-0.2, -0.15) is 0 Å². The van der Waals surface area contributed by atoms with Crippen molar-refractivity contribution >= 4 is 37.1 Å². The second kappa shape index (κ2) is 10.6. The number of hydrogen-bond donors (Lipinski definition) is 0. The van der Waals surface area contributed by atoms with E-state index in [1.54, 1.807) is 11.3 Å². The van der Waals surface area contributed by atoms with Crippen molar-refractivity contribution in [2.75, 3.05) is 0 Å². The molecule has 0 N–H and O–H groups in total. The first-order valence-corrected chi connectivity index (χ1v) is 14.4. The van der Waals surface area contributed by atoms with Crippen LogP contribution >= 0.6 is 15.8 Å². The highest BCUT2D eigenvalue weighted by molar-refractivity contribution is 7.81. The molecule has 0 bridgehead atoms. The summed E-state index contributed by atoms with van der Waals surface area (Å²) in [5, 5.41) is 5.64. The molecule has 1 saturated carbocycles. The van der Waals surface area contributed by atoms with Gasteiger partial charge in [-0.25, -0.2) is 0 Å². The molecule has 4 aromatic rings. The SMILES string of the molecule is C[C]1[C](C)[C](P(c2ccccc2)c2ccccc2)[C](P(c2ccccc2)c2ccccc2)[C]1C. The first-order valence-electron chi connectivity index (χ1n) is 11.7. The first kappa shape index (κ1) is 23.5. The van der Waals surface area contributed by atoms with Crippen LogP contribution in [0.25, 0.3) is 0 Å². The summed E-state index contributed by atoms with van der Waals surface area (Å²) in [4.78, 5) is 0. The number of hydrogen-bond acceptors (Lipinski definition) is 0. The standard InChI is InChI=1S/C32H29P2/c1-24-25(2)31(33(27-16-8-4-9-17-27)28-18-10-5-11-19-28)32(26(24)3)34(29-20-12-6-13-21-29)30-22-14-7-15-23-30/h4-23H,1-3H3. The highest BCUT2D eigenvalue weighted by Crippen LogP contribution is 2.73. The van der Waals surface area contributed by atoms with Gasteiger partial charge in [0.25, 0.3) is 0 Å². The molecule has 0 aromatic heterocycles. The van der Waals surface area contributed by atoms with Gasteiger partial charge in [0.05, 0.1) is 0 Å². The van der Waals surface area contributed by atoms with Gasteiger partial charge in [0.2, 0.25) is 0 Å². The molecular formula is C32H29P2. The van der Waals surface area contributed by atoms with Crippen molar-refractivity contribution in [1.82, 2.24) is 0 Å². The van der Waals surface area contributed by atoms with Crippen molar-refractivity contribution < 1.29 is 0 Å². The van der Waals surface area contributed by atoms with Gasteiger partial charge in [0.1, 0.15) is 0 Å². The Balaban J connectivity index is 1.70. The Morgan fingerprint density at radius 1 is 0.324 bits per heavy atom. The Morgan fingerprint density at radius 3 is 0.794 bits per heavy atom. The quantitative estimate of drug-likeness (QED) is 0.261. The predicted octanol–water partition coefficient (Wildman–Crippen LogP) is 7.11. The van der Waals surface area contributed by atoms with Gasteiger partial charge >= 0.3 is 0 Å². The summed E-state index contributed by atoms with van der Waals surface area (Å²) in [5.41, 5.74) is 3.09. The topological polar surface area (TPSA) is 0 Å². The molecule has 0 unspecified atom stereocenters. The Bertz CT molecular complexity index is 987. The minimum Gasteiger partial charge on any atom is -0.0622 e. The van der Waals surface area contributed by atoms with E-state index in [0.717, 1.165) is 0 Å². The van der Waals surface area contributed by atoms with Gasteiger partial charge in [-0.05, 0) is 54.8 Å². The van der Waals surface area contributed by atoms with Crippen molar-refractivity contribution in [3.63, 3.8) is 0 Å². The Morgan fingerprint density at radius 2 is 0.559 bits per heavy atom. The van der Waals surface area contributed by atoms with Crippen LogP contribution < -0.4 is 21.2 Å². The van der Waals surface area contributed by atoms with Crippen LogP contribution in [0.5, 0.6) is 0 Å². The van der Waals surface area contributed by atoms with E-state index in [-0.39, 0.29) is 0 Å². The van der Waals surface area contributed by atoms with Crippen LogP contribution in [0.4, 0.5) is 0 Å². The molecule has 34 heavy (non-hydrogen) atoms. The lowest BCUT2D eigenvalue weighted by Crippen LogP contribution is -2.25. The molecule has 0 aliphatic heterocycles. The minimum absolute atomic E-state index is 0.680. The van der Waals surface area contributed by atoms with Crippen LogP contribution in [0.3, 0.4) is 0 Å². The molecule has 1 aliphatic rings. The second-order valence-corrected chi connectivity index (χ2v) is 12.9. The zero-order chi connectivity index (χ0) is 23.5. The monoisotopic (exact) mass is 475 g/mol. The molecule has 0 amide bonds. The lowest BCUT2D eigenvalue weighted by molar-refractivity contribution is 0.994. The zero-order valence-corrected chi connectivity index (χ0v) is 21.7. The number of rotatable bonds is 6. The summed E-state index contributed by atoms with van der Waals surface area (Å²) in [6, 6.07) is 44.5. The van der Waals surface area contributed by atoms with Gasteiger partial charge in [-0.3, -0.25) is 0 Å². The molecule has 1 aliphatic carbocycles. The van der Waals surface area contributed by atoms with Crippen molar-refractivity contribution in [2.24, 2.45) is 0 Å². The van der Waals surface area contributed by atoms with Gasteiger partial charge < -0.3 is 0 Å². The van der Waals surface area contributed by atoms with Crippen LogP contribution in [0.2, 0.25) is 0 Å². The molecule has 1 fully saturated rings. The molecular weight excluding hydrogens is 446 g/mol. The maximum atomic E-state index is 2.34. The van der Waals surface area contributed by atoms with Crippen LogP contribution in [-0.2, 0) is 0 Å². The predicted molar refractivity (Wildman–Crippen MR) is 151 cm³/mol. The third kappa shape index (κ3) is 4.52. The summed E-state index contributed by atoms with van der Waals surface area (Å²) < 4.78 is 0. The summed E-state index contributed by atoms with van der Waals surface area (Å²) >= 11 is 0. The van der Waals surface area contributed by atoms with E-state index in [0.29, 0.717) is 0 Å². The third-order valence-electron chi connectivity index (χ3n) is 6.56. The lowest BCUT2D eigenvalue weighted by atomic mass is 9.94. The normalized spacial score (nSPS) is 16.6. The van der Waals surface area contributed by atoms with Crippen molar-refractivity contribution in [3.05, 3.63) is 150 Å². The summed E-state index contributed by atoms with van der Waals surface area (Å²) in [6.07, 6.45) is 0. The number of benzene rings is 4. The van der Waals surface area contributed by atoms with E-state index in [9.17, 15) is 0 Å². The van der Waals surface area contributed by atoms with Gasteiger partial charge in [-0.1, -0.05) is 142 Å². The van der Waals surface area contributed by atoms with Crippen LogP contribution in [-0.4, -0.2) is 0 Å². The summed E-state index contributed by atoms with van der Waals surface area (Å²) in [7, 11) is -1.36. The molecule has 5 radical (unpaired) electrons. The van der Waals surface area contributed by atoms with Crippen LogP contribution in [0.15, 0.2) is 121 Å². The molecule has 0 heterocycles. The molecule has 0 saturated heterocycles. The van der Waals surface area contributed by atoms with Crippen molar-refractivity contribution in [2.45, 2.75) is 20.8 Å². The first-order chi connectivity index (χ1) is 16.7. The van der Waals surface area contributed by atoms with Crippen LogP contribution in [0, 0.1) is 29.1 Å². The second-order valence-electron chi connectivity index (χ2n) is 8.59. The van der Waals surface area contributed by atoms with E-state index >= 15 is 0 Å². The molecule has 0 nitrogen and oxygen atoms in total. The molecule has 0 atom stereocenters. The van der Waals surface area contributed by atoms with Gasteiger partial charge in [0, 0.05) is 11.3 Å². The summed E-state index contributed by atoms with van der Waals surface area (Å²) in [6.45, 7) is 6.99. The third-order valence-corrected chi connectivity index (χ3v) is 12.0. The van der Waals surface area contributed by atoms with Gasteiger partial charge in [-0.15, -0.1) is 0 Å². The average molecular weight is 476 g/mol. The van der Waals surface area contributed by atoms with E-state index in [2.05, 4.69) is 142 Å². The Kier molecular flexibility index (Phi) is 7.29. The van der Waals surface area contributed by atoms with E-state index in [1.807, 2.05) is 0 Å². The molecule has 167 valence electrons. The maximum absolute atomic E-state index is 2.34.